The van der Waals surface area contributed by atoms with Gasteiger partial charge in [-0.2, -0.15) is 0 Å². The average molecular weight is 250 g/mol. The second-order valence-corrected chi connectivity index (χ2v) is 4.82. The summed E-state index contributed by atoms with van der Waals surface area (Å²) in [6, 6.07) is 3.96. The summed E-state index contributed by atoms with van der Waals surface area (Å²) in [5.41, 5.74) is 0. The van der Waals surface area contributed by atoms with E-state index in [-0.39, 0.29) is 5.91 Å². The van der Waals surface area contributed by atoms with Crippen molar-refractivity contribution in [1.29, 1.82) is 0 Å². The van der Waals surface area contributed by atoms with Gasteiger partial charge in [0.2, 0.25) is 0 Å². The molecule has 1 atom stereocenters. The van der Waals surface area contributed by atoms with Crippen molar-refractivity contribution >= 4 is 5.91 Å². The van der Waals surface area contributed by atoms with Crippen LogP contribution in [-0.2, 0) is 4.74 Å². The van der Waals surface area contributed by atoms with Crippen LogP contribution in [0, 0.1) is 0 Å². The fourth-order valence-electron chi connectivity index (χ4n) is 2.72. The summed E-state index contributed by atoms with van der Waals surface area (Å²) in [5, 5.41) is 0. The monoisotopic (exact) mass is 250 g/mol. The zero-order valence-electron chi connectivity index (χ0n) is 10.4. The van der Waals surface area contributed by atoms with Crippen molar-refractivity contribution in [3.05, 3.63) is 24.2 Å². The van der Waals surface area contributed by atoms with Crippen molar-refractivity contribution in [3.8, 4) is 0 Å². The molecule has 2 aliphatic rings. The third kappa shape index (κ3) is 2.28. The van der Waals surface area contributed by atoms with Crippen molar-refractivity contribution in [3.63, 3.8) is 0 Å². The van der Waals surface area contributed by atoms with Gasteiger partial charge in [0.15, 0.2) is 5.76 Å². The molecule has 1 unspecified atom stereocenters. The largest absolute Gasteiger partial charge is 0.459 e. The first-order valence-electron chi connectivity index (χ1n) is 6.49. The number of carbonyl (C=O) groups excluding carboxylic acids is 1. The molecule has 1 aromatic rings. The Morgan fingerprint density at radius 3 is 2.83 bits per heavy atom. The number of amides is 1. The first kappa shape index (κ1) is 11.7. The summed E-state index contributed by atoms with van der Waals surface area (Å²) in [4.78, 5) is 16.4. The standard InChI is InChI=1S/C13H18N2O3/c16-13(12-2-1-7-18-12)15-4-3-11(10-15)14-5-8-17-9-6-14/h1-2,7,11H,3-6,8-10H2. The molecule has 0 aliphatic carbocycles. The van der Waals surface area contributed by atoms with Crippen LogP contribution in [0.4, 0.5) is 0 Å². The highest BCUT2D eigenvalue weighted by molar-refractivity contribution is 5.91. The summed E-state index contributed by atoms with van der Waals surface area (Å²) in [5.74, 6) is 0.452. The molecule has 2 saturated heterocycles. The van der Waals surface area contributed by atoms with Gasteiger partial charge in [-0.3, -0.25) is 9.69 Å². The van der Waals surface area contributed by atoms with Gasteiger partial charge in [0.25, 0.3) is 5.91 Å². The van der Waals surface area contributed by atoms with Crippen molar-refractivity contribution in [1.82, 2.24) is 9.80 Å². The Hall–Kier alpha value is -1.33. The number of hydrogen-bond acceptors (Lipinski definition) is 4. The number of ether oxygens (including phenoxy) is 1. The van der Waals surface area contributed by atoms with E-state index in [1.54, 1.807) is 18.4 Å². The van der Waals surface area contributed by atoms with Gasteiger partial charge in [-0.1, -0.05) is 0 Å². The first-order chi connectivity index (χ1) is 8.84. The van der Waals surface area contributed by atoms with Crippen LogP contribution in [0.25, 0.3) is 0 Å². The number of carbonyl (C=O) groups is 1. The summed E-state index contributed by atoms with van der Waals surface area (Å²) in [7, 11) is 0. The lowest BCUT2D eigenvalue weighted by Crippen LogP contribution is -2.45. The number of likely N-dealkylation sites (tertiary alicyclic amines) is 1. The second kappa shape index (κ2) is 5.12. The van der Waals surface area contributed by atoms with E-state index in [4.69, 9.17) is 9.15 Å². The van der Waals surface area contributed by atoms with Crippen LogP contribution in [0.1, 0.15) is 17.0 Å². The number of nitrogens with zero attached hydrogens (tertiary/aromatic N) is 2. The predicted octanol–water partition coefficient (Wildman–Crippen LogP) is 0.826. The van der Waals surface area contributed by atoms with Crippen LogP contribution in [0.5, 0.6) is 0 Å². The predicted molar refractivity (Wildman–Crippen MR) is 65.4 cm³/mol. The molecule has 0 bridgehead atoms. The highest BCUT2D eigenvalue weighted by Gasteiger charge is 2.32. The minimum absolute atomic E-state index is 0.00996. The summed E-state index contributed by atoms with van der Waals surface area (Å²) in [6.07, 6.45) is 2.59. The summed E-state index contributed by atoms with van der Waals surface area (Å²) in [6.45, 7) is 5.20. The van der Waals surface area contributed by atoms with E-state index in [1.165, 1.54) is 0 Å². The maximum Gasteiger partial charge on any atom is 0.289 e. The molecule has 2 aliphatic heterocycles. The number of hydrogen-bond donors (Lipinski definition) is 0. The minimum Gasteiger partial charge on any atom is -0.459 e. The van der Waals surface area contributed by atoms with Gasteiger partial charge < -0.3 is 14.1 Å². The van der Waals surface area contributed by atoms with Crippen molar-refractivity contribution in [2.75, 3.05) is 39.4 Å². The molecule has 0 N–H and O–H groups in total. The second-order valence-electron chi connectivity index (χ2n) is 4.82. The molecular weight excluding hydrogens is 232 g/mol. The van der Waals surface area contributed by atoms with Crippen LogP contribution in [0.2, 0.25) is 0 Å². The SMILES string of the molecule is O=C(c1ccco1)N1CCC(N2CCOCC2)C1. The third-order valence-electron chi connectivity index (χ3n) is 3.74. The Bertz CT molecular complexity index is 398. The smallest absolute Gasteiger partial charge is 0.289 e. The van der Waals surface area contributed by atoms with Crippen LogP contribution >= 0.6 is 0 Å². The molecule has 1 aromatic heterocycles. The molecule has 5 heteroatoms. The lowest BCUT2D eigenvalue weighted by atomic mass is 10.2. The van der Waals surface area contributed by atoms with Gasteiger partial charge in [0.1, 0.15) is 0 Å². The van der Waals surface area contributed by atoms with E-state index in [0.717, 1.165) is 45.8 Å². The number of furan rings is 1. The lowest BCUT2D eigenvalue weighted by Gasteiger charge is -2.31. The van der Waals surface area contributed by atoms with E-state index >= 15 is 0 Å². The van der Waals surface area contributed by atoms with Crippen LogP contribution in [0.15, 0.2) is 22.8 Å². The zero-order chi connectivity index (χ0) is 12.4. The molecule has 2 fully saturated rings. The number of morpholine rings is 1. The minimum atomic E-state index is 0.00996. The zero-order valence-corrected chi connectivity index (χ0v) is 10.4. The summed E-state index contributed by atoms with van der Waals surface area (Å²) < 4.78 is 10.5. The average Bonchev–Trinajstić information content (AvgIpc) is 3.10. The molecule has 0 radical (unpaired) electrons. The Morgan fingerprint density at radius 2 is 2.11 bits per heavy atom. The number of rotatable bonds is 2. The van der Waals surface area contributed by atoms with Crippen molar-refractivity contribution in [2.45, 2.75) is 12.5 Å². The molecule has 98 valence electrons. The molecule has 3 heterocycles. The van der Waals surface area contributed by atoms with E-state index in [1.807, 2.05) is 4.90 Å². The Balaban J connectivity index is 1.59. The molecule has 0 spiro atoms. The molecule has 18 heavy (non-hydrogen) atoms. The fraction of sp³-hybridized carbons (Fsp3) is 0.615. The van der Waals surface area contributed by atoms with Crippen LogP contribution in [-0.4, -0.2) is 61.1 Å². The van der Waals surface area contributed by atoms with E-state index in [9.17, 15) is 4.79 Å². The highest BCUT2D eigenvalue weighted by atomic mass is 16.5. The Morgan fingerprint density at radius 1 is 1.28 bits per heavy atom. The van der Waals surface area contributed by atoms with E-state index < -0.39 is 0 Å². The Labute approximate surface area is 106 Å². The van der Waals surface area contributed by atoms with Gasteiger partial charge in [-0.15, -0.1) is 0 Å². The van der Waals surface area contributed by atoms with Gasteiger partial charge >= 0.3 is 0 Å². The fourth-order valence-corrected chi connectivity index (χ4v) is 2.72. The van der Waals surface area contributed by atoms with Crippen LogP contribution < -0.4 is 0 Å². The van der Waals surface area contributed by atoms with Gasteiger partial charge in [-0.05, 0) is 18.6 Å². The summed E-state index contributed by atoms with van der Waals surface area (Å²) >= 11 is 0. The topological polar surface area (TPSA) is 45.9 Å². The van der Waals surface area contributed by atoms with Gasteiger partial charge in [0.05, 0.1) is 19.5 Å². The lowest BCUT2D eigenvalue weighted by molar-refractivity contribution is 0.0184. The quantitative estimate of drug-likeness (QED) is 0.780. The normalized spacial score (nSPS) is 25.6. The van der Waals surface area contributed by atoms with E-state index in [2.05, 4.69) is 4.90 Å². The molecular formula is C13H18N2O3. The molecule has 1 amide bonds. The Kier molecular flexibility index (Phi) is 3.34. The maximum absolute atomic E-state index is 12.1. The molecule has 5 nitrogen and oxygen atoms in total. The molecule has 0 aromatic carbocycles. The van der Waals surface area contributed by atoms with Gasteiger partial charge in [-0.25, -0.2) is 0 Å². The van der Waals surface area contributed by atoms with Gasteiger partial charge in [0, 0.05) is 32.2 Å². The van der Waals surface area contributed by atoms with Crippen molar-refractivity contribution < 1.29 is 13.9 Å². The molecule has 0 saturated carbocycles. The maximum atomic E-state index is 12.1. The molecule has 3 rings (SSSR count). The van der Waals surface area contributed by atoms with E-state index in [0.29, 0.717) is 11.8 Å². The highest BCUT2D eigenvalue weighted by Crippen LogP contribution is 2.19. The third-order valence-corrected chi connectivity index (χ3v) is 3.74. The van der Waals surface area contributed by atoms with Crippen LogP contribution in [0.3, 0.4) is 0 Å². The van der Waals surface area contributed by atoms with Crippen molar-refractivity contribution in [2.24, 2.45) is 0 Å². The first-order valence-corrected chi connectivity index (χ1v) is 6.49.